The summed E-state index contributed by atoms with van der Waals surface area (Å²) in [4.78, 5) is 11.8. The first-order chi connectivity index (χ1) is 8.08. The minimum absolute atomic E-state index is 0.0231. The molecule has 0 saturated carbocycles. The maximum atomic E-state index is 13.3. The summed E-state index contributed by atoms with van der Waals surface area (Å²) in [7, 11) is 0. The number of hydrogen-bond donors (Lipinski definition) is 0. The third-order valence-electron chi connectivity index (χ3n) is 2.67. The number of ketones is 1. The number of carbonyl (C=O) groups excluding carboxylic acids is 1. The van der Waals surface area contributed by atoms with Crippen LogP contribution in [-0.2, 0) is 11.2 Å². The molecular formula is C14H16BrFO. The van der Waals surface area contributed by atoms with Gasteiger partial charge in [0, 0.05) is 6.42 Å². The van der Waals surface area contributed by atoms with Gasteiger partial charge in [0.05, 0.1) is 4.47 Å². The molecule has 1 rings (SSSR count). The van der Waals surface area contributed by atoms with E-state index in [2.05, 4.69) is 15.9 Å². The van der Waals surface area contributed by atoms with Crippen LogP contribution >= 0.6 is 15.9 Å². The third-order valence-corrected chi connectivity index (χ3v) is 3.56. The van der Waals surface area contributed by atoms with E-state index in [9.17, 15) is 9.18 Å². The Kier molecular flexibility index (Phi) is 5.56. The van der Waals surface area contributed by atoms with Crippen molar-refractivity contribution in [1.82, 2.24) is 0 Å². The molecule has 1 aromatic rings. The number of hydrogen-bond acceptors (Lipinski definition) is 1. The van der Waals surface area contributed by atoms with Crippen molar-refractivity contribution < 1.29 is 9.18 Å². The molecule has 0 aromatic heterocycles. The van der Waals surface area contributed by atoms with E-state index in [0.29, 0.717) is 10.0 Å². The summed E-state index contributed by atoms with van der Waals surface area (Å²) < 4.78 is 13.6. The van der Waals surface area contributed by atoms with E-state index in [1.165, 1.54) is 6.07 Å². The monoisotopic (exact) mass is 298 g/mol. The maximum Gasteiger partial charge on any atom is 0.160 e. The van der Waals surface area contributed by atoms with Gasteiger partial charge in [0.15, 0.2) is 5.78 Å². The van der Waals surface area contributed by atoms with Crippen molar-refractivity contribution in [3.63, 3.8) is 0 Å². The quantitative estimate of drug-likeness (QED) is 0.734. The fraction of sp³-hybridized carbons (Fsp3) is 0.357. The molecule has 0 aliphatic heterocycles. The second-order valence-corrected chi connectivity index (χ2v) is 4.66. The van der Waals surface area contributed by atoms with E-state index in [0.717, 1.165) is 18.4 Å². The Morgan fingerprint density at radius 3 is 2.59 bits per heavy atom. The average Bonchev–Trinajstić information content (AvgIpc) is 2.32. The lowest BCUT2D eigenvalue weighted by Crippen LogP contribution is -2.01. The van der Waals surface area contributed by atoms with Crippen molar-refractivity contribution >= 4 is 21.7 Å². The van der Waals surface area contributed by atoms with Crippen LogP contribution in [0.4, 0.5) is 4.39 Å². The van der Waals surface area contributed by atoms with Crippen molar-refractivity contribution in [3.8, 4) is 0 Å². The van der Waals surface area contributed by atoms with Crippen molar-refractivity contribution in [1.29, 1.82) is 0 Å². The molecule has 0 N–H and O–H groups in total. The van der Waals surface area contributed by atoms with Crippen LogP contribution in [0, 0.1) is 5.82 Å². The van der Waals surface area contributed by atoms with Gasteiger partial charge in [-0.05, 0) is 46.5 Å². The summed E-state index contributed by atoms with van der Waals surface area (Å²) in [5.41, 5.74) is 1.82. The fourth-order valence-corrected chi connectivity index (χ4v) is 2.01. The summed E-state index contributed by atoms with van der Waals surface area (Å²) in [6.45, 7) is 4.06. The Morgan fingerprint density at radius 2 is 2.00 bits per heavy atom. The number of benzene rings is 1. The van der Waals surface area contributed by atoms with Crippen LogP contribution in [0.15, 0.2) is 34.3 Å². The summed E-state index contributed by atoms with van der Waals surface area (Å²) in [5.74, 6) is -0.305. The molecule has 0 heterocycles. The van der Waals surface area contributed by atoms with Gasteiger partial charge < -0.3 is 0 Å². The first-order valence-corrected chi connectivity index (χ1v) is 6.52. The molecule has 0 aliphatic rings. The summed E-state index contributed by atoms with van der Waals surface area (Å²) in [6, 6.07) is 4.75. The van der Waals surface area contributed by atoms with Crippen LogP contribution < -0.4 is 0 Å². The zero-order valence-electron chi connectivity index (χ0n) is 10.1. The average molecular weight is 299 g/mol. The third kappa shape index (κ3) is 4.08. The highest BCUT2D eigenvalue weighted by molar-refractivity contribution is 9.10. The van der Waals surface area contributed by atoms with E-state index < -0.39 is 0 Å². The highest BCUT2D eigenvalue weighted by atomic mass is 79.9. The Bertz CT molecular complexity index is 432. The first kappa shape index (κ1) is 14.1. The second-order valence-electron chi connectivity index (χ2n) is 3.87. The van der Waals surface area contributed by atoms with Gasteiger partial charge in [-0.1, -0.05) is 31.6 Å². The molecule has 3 heteroatoms. The van der Waals surface area contributed by atoms with Gasteiger partial charge in [-0.25, -0.2) is 4.39 Å². The van der Waals surface area contributed by atoms with Gasteiger partial charge in [-0.3, -0.25) is 4.79 Å². The van der Waals surface area contributed by atoms with Crippen molar-refractivity contribution in [2.45, 2.75) is 33.1 Å². The molecule has 0 radical (unpaired) electrons. The van der Waals surface area contributed by atoms with Crippen LogP contribution in [0.2, 0.25) is 0 Å². The zero-order chi connectivity index (χ0) is 12.8. The molecule has 1 nitrogen and oxygen atoms in total. The molecule has 0 bridgehead atoms. The van der Waals surface area contributed by atoms with Gasteiger partial charge in [-0.15, -0.1) is 0 Å². The molecule has 17 heavy (non-hydrogen) atoms. The van der Waals surface area contributed by atoms with Gasteiger partial charge in [0.25, 0.3) is 0 Å². The van der Waals surface area contributed by atoms with Crippen molar-refractivity contribution in [2.75, 3.05) is 0 Å². The highest BCUT2D eigenvalue weighted by Gasteiger charge is 2.08. The van der Waals surface area contributed by atoms with Gasteiger partial charge in [0.2, 0.25) is 0 Å². The molecule has 0 unspecified atom stereocenters. The zero-order valence-corrected chi connectivity index (χ0v) is 11.7. The minimum Gasteiger partial charge on any atom is -0.294 e. The Hall–Kier alpha value is -0.960. The summed E-state index contributed by atoms with van der Waals surface area (Å²) >= 11 is 3.16. The normalized spacial score (nSPS) is 10.1. The van der Waals surface area contributed by atoms with Crippen LogP contribution in [0.3, 0.4) is 0 Å². The topological polar surface area (TPSA) is 17.1 Å². The largest absolute Gasteiger partial charge is 0.294 e. The lowest BCUT2D eigenvalue weighted by Gasteiger charge is -2.04. The van der Waals surface area contributed by atoms with Crippen LogP contribution in [0.5, 0.6) is 0 Å². The second kappa shape index (κ2) is 6.70. The van der Waals surface area contributed by atoms with Gasteiger partial charge in [-0.2, -0.15) is 0 Å². The van der Waals surface area contributed by atoms with Crippen LogP contribution in [0.1, 0.15) is 32.3 Å². The van der Waals surface area contributed by atoms with E-state index in [-0.39, 0.29) is 18.0 Å². The predicted octanol–water partition coefficient (Wildman–Crippen LogP) is 4.45. The van der Waals surface area contributed by atoms with Crippen molar-refractivity contribution in [3.05, 3.63) is 45.7 Å². The molecule has 0 spiro atoms. The molecule has 0 aliphatic carbocycles. The molecule has 0 fully saturated rings. The summed E-state index contributed by atoms with van der Waals surface area (Å²) in [5, 5.41) is 0. The molecule has 1 aromatic carbocycles. The van der Waals surface area contributed by atoms with E-state index in [1.807, 2.05) is 13.8 Å². The molecule has 0 atom stereocenters. The lowest BCUT2D eigenvalue weighted by molar-refractivity contribution is -0.114. The SMILES string of the molecule is CCC(=CC(=O)Cc1cccc(F)c1Br)CC. The highest BCUT2D eigenvalue weighted by Crippen LogP contribution is 2.21. The minimum atomic E-state index is -0.328. The molecule has 0 amide bonds. The molecule has 0 saturated heterocycles. The van der Waals surface area contributed by atoms with E-state index in [4.69, 9.17) is 0 Å². The maximum absolute atomic E-state index is 13.3. The Morgan fingerprint density at radius 1 is 1.35 bits per heavy atom. The standard InChI is InChI=1S/C14H16BrFO/c1-3-10(4-2)8-12(17)9-11-6-5-7-13(16)14(11)15/h5-8H,3-4,9H2,1-2H3. The first-order valence-electron chi connectivity index (χ1n) is 5.73. The Labute approximate surface area is 110 Å². The smallest absolute Gasteiger partial charge is 0.160 e. The van der Waals surface area contributed by atoms with E-state index in [1.54, 1.807) is 18.2 Å². The van der Waals surface area contributed by atoms with E-state index >= 15 is 0 Å². The lowest BCUT2D eigenvalue weighted by atomic mass is 10.0. The number of rotatable bonds is 5. The van der Waals surface area contributed by atoms with Gasteiger partial charge >= 0.3 is 0 Å². The van der Waals surface area contributed by atoms with Crippen LogP contribution in [0.25, 0.3) is 0 Å². The van der Waals surface area contributed by atoms with Crippen molar-refractivity contribution in [2.24, 2.45) is 0 Å². The number of halogens is 2. The summed E-state index contributed by atoms with van der Waals surface area (Å²) in [6.07, 6.45) is 3.68. The number of allylic oxidation sites excluding steroid dienone is 2. The number of carbonyl (C=O) groups is 1. The van der Waals surface area contributed by atoms with Crippen LogP contribution in [-0.4, -0.2) is 5.78 Å². The van der Waals surface area contributed by atoms with Gasteiger partial charge in [0.1, 0.15) is 5.82 Å². The molecular weight excluding hydrogens is 283 g/mol. The Balaban J connectivity index is 2.82. The predicted molar refractivity (Wildman–Crippen MR) is 71.5 cm³/mol. The fourth-order valence-electron chi connectivity index (χ4n) is 1.61. The molecule has 92 valence electrons.